The van der Waals surface area contributed by atoms with E-state index in [9.17, 15) is 4.79 Å². The Morgan fingerprint density at radius 1 is 0.870 bits per heavy atom. The molecule has 3 aromatic rings. The van der Waals surface area contributed by atoms with Gasteiger partial charge in [-0.1, -0.05) is 60.7 Å². The van der Waals surface area contributed by atoms with E-state index in [4.69, 9.17) is 0 Å². The van der Waals surface area contributed by atoms with E-state index in [1.807, 2.05) is 48.5 Å². The maximum atomic E-state index is 12.5. The summed E-state index contributed by atoms with van der Waals surface area (Å²) in [5.74, 6) is -0.0859. The van der Waals surface area contributed by atoms with Gasteiger partial charge in [-0.25, -0.2) is 0 Å². The monoisotopic (exact) mass is 302 g/mol. The van der Waals surface area contributed by atoms with Gasteiger partial charge >= 0.3 is 0 Å². The minimum absolute atomic E-state index is 0.0701. The van der Waals surface area contributed by atoms with Crippen molar-refractivity contribution < 1.29 is 4.79 Å². The lowest BCUT2D eigenvalue weighted by Crippen LogP contribution is -2.30. The summed E-state index contributed by atoms with van der Waals surface area (Å²) >= 11 is 0. The highest BCUT2D eigenvalue weighted by molar-refractivity contribution is 5.94. The molecular formula is C20H18N2O. The number of aromatic nitrogens is 1. The number of nitrogens with one attached hydrogen (secondary N) is 1. The summed E-state index contributed by atoms with van der Waals surface area (Å²) in [6.07, 6.45) is 4.01. The summed E-state index contributed by atoms with van der Waals surface area (Å²) in [5.41, 5.74) is 2.91. The van der Waals surface area contributed by atoms with Crippen molar-refractivity contribution in [3.05, 3.63) is 102 Å². The van der Waals surface area contributed by atoms with E-state index >= 15 is 0 Å². The maximum Gasteiger partial charge on any atom is 0.251 e. The predicted octanol–water partition coefficient (Wildman–Crippen LogP) is 3.80. The van der Waals surface area contributed by atoms with Crippen molar-refractivity contribution in [2.75, 3.05) is 0 Å². The topological polar surface area (TPSA) is 42.0 Å². The van der Waals surface area contributed by atoms with Crippen LogP contribution in [-0.4, -0.2) is 10.9 Å². The molecule has 1 amide bonds. The van der Waals surface area contributed by atoms with Crippen LogP contribution in [0.15, 0.2) is 85.2 Å². The summed E-state index contributed by atoms with van der Waals surface area (Å²) < 4.78 is 0. The van der Waals surface area contributed by atoms with Gasteiger partial charge in [-0.3, -0.25) is 9.78 Å². The molecule has 0 fully saturated rings. The molecule has 1 heterocycles. The number of nitrogens with zero attached hydrogens (tertiary/aromatic N) is 1. The molecule has 0 unspecified atom stereocenters. The highest BCUT2D eigenvalue weighted by Crippen LogP contribution is 2.19. The summed E-state index contributed by atoms with van der Waals surface area (Å²) in [4.78, 5) is 16.4. The molecule has 1 atom stereocenters. The first-order chi connectivity index (χ1) is 11.3. The van der Waals surface area contributed by atoms with E-state index in [1.54, 1.807) is 24.5 Å². The van der Waals surface area contributed by atoms with E-state index < -0.39 is 0 Å². The number of amides is 1. The van der Waals surface area contributed by atoms with Crippen LogP contribution in [0.2, 0.25) is 0 Å². The molecule has 0 aliphatic heterocycles. The van der Waals surface area contributed by atoms with Gasteiger partial charge in [0.25, 0.3) is 5.91 Å². The van der Waals surface area contributed by atoms with Crippen molar-refractivity contribution in [2.45, 2.75) is 12.5 Å². The van der Waals surface area contributed by atoms with E-state index in [1.165, 1.54) is 5.56 Å². The SMILES string of the molecule is O=C(N[C@H](Cc1ccccc1)c1ccccc1)c1ccncc1. The van der Waals surface area contributed by atoms with Crippen LogP contribution in [0, 0.1) is 0 Å². The molecule has 0 saturated carbocycles. The molecular weight excluding hydrogens is 284 g/mol. The zero-order valence-corrected chi connectivity index (χ0v) is 12.7. The van der Waals surface area contributed by atoms with Gasteiger partial charge in [-0.15, -0.1) is 0 Å². The average molecular weight is 302 g/mol. The smallest absolute Gasteiger partial charge is 0.251 e. The molecule has 23 heavy (non-hydrogen) atoms. The quantitative estimate of drug-likeness (QED) is 0.779. The second-order valence-corrected chi connectivity index (χ2v) is 5.36. The third-order valence-electron chi connectivity index (χ3n) is 3.73. The Bertz CT molecular complexity index is 742. The minimum atomic E-state index is -0.0859. The molecule has 0 aliphatic rings. The van der Waals surface area contributed by atoms with E-state index in [2.05, 4.69) is 22.4 Å². The molecule has 0 aliphatic carbocycles. The average Bonchev–Trinajstić information content (AvgIpc) is 2.63. The Morgan fingerprint density at radius 2 is 1.48 bits per heavy atom. The van der Waals surface area contributed by atoms with Crippen molar-refractivity contribution in [3.8, 4) is 0 Å². The molecule has 0 spiro atoms. The fourth-order valence-corrected chi connectivity index (χ4v) is 2.53. The van der Waals surface area contributed by atoms with Crippen LogP contribution in [-0.2, 0) is 6.42 Å². The van der Waals surface area contributed by atoms with Crippen LogP contribution < -0.4 is 5.32 Å². The first-order valence-electron chi connectivity index (χ1n) is 7.63. The zero-order valence-electron chi connectivity index (χ0n) is 12.7. The van der Waals surface area contributed by atoms with Gasteiger partial charge in [0.15, 0.2) is 0 Å². The molecule has 2 aromatic carbocycles. The number of benzene rings is 2. The largest absolute Gasteiger partial charge is 0.345 e. The van der Waals surface area contributed by atoms with Gasteiger partial charge in [0.05, 0.1) is 6.04 Å². The normalized spacial score (nSPS) is 11.7. The standard InChI is InChI=1S/C20H18N2O/c23-20(18-11-13-21-14-12-18)22-19(17-9-5-2-6-10-17)15-16-7-3-1-4-8-16/h1-14,19H,15H2,(H,22,23)/t19-/m1/s1. The number of rotatable bonds is 5. The Hall–Kier alpha value is -2.94. The van der Waals surface area contributed by atoms with Crippen molar-refractivity contribution in [2.24, 2.45) is 0 Å². The molecule has 3 nitrogen and oxygen atoms in total. The number of pyridine rings is 1. The lowest BCUT2D eigenvalue weighted by molar-refractivity contribution is 0.0936. The van der Waals surface area contributed by atoms with Crippen molar-refractivity contribution in [1.82, 2.24) is 10.3 Å². The number of carbonyl (C=O) groups excluding carboxylic acids is 1. The summed E-state index contributed by atoms with van der Waals surface area (Å²) in [6, 6.07) is 23.6. The summed E-state index contributed by atoms with van der Waals surface area (Å²) in [5, 5.41) is 3.13. The first kappa shape index (κ1) is 15.0. The van der Waals surface area contributed by atoms with Crippen molar-refractivity contribution in [1.29, 1.82) is 0 Å². The van der Waals surface area contributed by atoms with E-state index in [0.717, 1.165) is 12.0 Å². The highest BCUT2D eigenvalue weighted by atomic mass is 16.1. The molecule has 3 rings (SSSR count). The molecule has 114 valence electrons. The van der Waals surface area contributed by atoms with Gasteiger partial charge in [0.1, 0.15) is 0 Å². The van der Waals surface area contributed by atoms with Gasteiger partial charge in [-0.05, 0) is 29.7 Å². The van der Waals surface area contributed by atoms with Gasteiger partial charge in [0.2, 0.25) is 0 Å². The van der Waals surface area contributed by atoms with Gasteiger partial charge < -0.3 is 5.32 Å². The number of hydrogen-bond donors (Lipinski definition) is 1. The Balaban J connectivity index is 1.82. The fourth-order valence-electron chi connectivity index (χ4n) is 2.53. The van der Waals surface area contributed by atoms with Crippen LogP contribution in [0.4, 0.5) is 0 Å². The molecule has 0 bridgehead atoms. The molecule has 1 aromatic heterocycles. The second-order valence-electron chi connectivity index (χ2n) is 5.36. The lowest BCUT2D eigenvalue weighted by atomic mass is 9.98. The van der Waals surface area contributed by atoms with Crippen LogP contribution >= 0.6 is 0 Å². The predicted molar refractivity (Wildman–Crippen MR) is 91.0 cm³/mol. The van der Waals surface area contributed by atoms with Crippen LogP contribution in [0.1, 0.15) is 27.5 Å². The lowest BCUT2D eigenvalue weighted by Gasteiger charge is -2.19. The van der Waals surface area contributed by atoms with Crippen molar-refractivity contribution in [3.63, 3.8) is 0 Å². The molecule has 0 saturated heterocycles. The molecule has 1 N–H and O–H groups in total. The molecule has 3 heteroatoms. The van der Waals surface area contributed by atoms with Crippen molar-refractivity contribution >= 4 is 5.91 Å². The zero-order chi connectivity index (χ0) is 15.9. The molecule has 0 radical (unpaired) electrons. The Kier molecular flexibility index (Phi) is 4.79. The van der Waals surface area contributed by atoms with Crippen LogP contribution in [0.3, 0.4) is 0 Å². The third kappa shape index (κ3) is 4.04. The van der Waals surface area contributed by atoms with Crippen LogP contribution in [0.25, 0.3) is 0 Å². The maximum absolute atomic E-state index is 12.5. The highest BCUT2D eigenvalue weighted by Gasteiger charge is 2.16. The van der Waals surface area contributed by atoms with Crippen LogP contribution in [0.5, 0.6) is 0 Å². The fraction of sp³-hybridized carbons (Fsp3) is 0.100. The number of hydrogen-bond acceptors (Lipinski definition) is 2. The Morgan fingerprint density at radius 3 is 2.13 bits per heavy atom. The van der Waals surface area contributed by atoms with E-state index in [-0.39, 0.29) is 11.9 Å². The summed E-state index contributed by atoms with van der Waals surface area (Å²) in [7, 11) is 0. The minimum Gasteiger partial charge on any atom is -0.345 e. The van der Waals surface area contributed by atoms with Gasteiger partial charge in [0, 0.05) is 18.0 Å². The summed E-state index contributed by atoms with van der Waals surface area (Å²) in [6.45, 7) is 0. The Labute approximate surface area is 136 Å². The third-order valence-corrected chi connectivity index (χ3v) is 3.73. The second kappa shape index (κ2) is 7.36. The van der Waals surface area contributed by atoms with E-state index in [0.29, 0.717) is 5.56 Å². The first-order valence-corrected chi connectivity index (χ1v) is 7.63. The number of carbonyl (C=O) groups is 1. The van der Waals surface area contributed by atoms with Gasteiger partial charge in [-0.2, -0.15) is 0 Å².